The fraction of sp³-hybridized carbons (Fsp3) is 0.458. The second kappa shape index (κ2) is 9.31. The van der Waals surface area contributed by atoms with Gasteiger partial charge in [-0.05, 0) is 46.2 Å². The summed E-state index contributed by atoms with van der Waals surface area (Å²) in [7, 11) is 0. The van der Waals surface area contributed by atoms with Gasteiger partial charge in [-0.25, -0.2) is 7.86 Å². The predicted octanol–water partition coefficient (Wildman–Crippen LogP) is 4.24. The van der Waals surface area contributed by atoms with Crippen molar-refractivity contribution in [2.45, 2.75) is 70.4 Å². The molecule has 0 aliphatic carbocycles. The first kappa shape index (κ1) is 28.4. The normalized spacial score (nSPS) is 13.8. The number of rotatable bonds is 5. The van der Waals surface area contributed by atoms with E-state index in [9.17, 15) is 35.5 Å². The van der Waals surface area contributed by atoms with Crippen LogP contribution >= 0.6 is 0 Å². The van der Waals surface area contributed by atoms with Crippen LogP contribution in [-0.4, -0.2) is 24.0 Å². The largest absolute Gasteiger partial charge is 0.460 e. The fourth-order valence-corrected chi connectivity index (χ4v) is 6.70. The van der Waals surface area contributed by atoms with Crippen molar-refractivity contribution in [3.8, 4) is 0 Å². The smallest absolute Gasteiger partial charge is 0.239 e. The summed E-state index contributed by atoms with van der Waals surface area (Å²) in [5, 5.41) is 0. The van der Waals surface area contributed by atoms with E-state index in [1.165, 1.54) is 24.3 Å². The van der Waals surface area contributed by atoms with Crippen LogP contribution in [0.3, 0.4) is 0 Å². The standard InChI is InChI=1S/C24H26F7IO2/c1-20(2,3)15-7-11-17(12-8-15)32(18-13-9-16(10-14-18)21(4,5)6)34-19(33)22(25,26)23(27,28)24(29,30)31/h7-14H,1-6H3/q+1. The zero-order chi connectivity index (χ0) is 26.3. The van der Waals surface area contributed by atoms with Crippen molar-refractivity contribution in [1.29, 1.82) is 0 Å². The van der Waals surface area contributed by atoms with Crippen LogP contribution in [0.1, 0.15) is 52.7 Å². The van der Waals surface area contributed by atoms with E-state index in [4.69, 9.17) is 3.07 Å². The third-order valence-corrected chi connectivity index (χ3v) is 9.51. The van der Waals surface area contributed by atoms with Crippen molar-refractivity contribution in [1.82, 2.24) is 0 Å². The highest BCUT2D eigenvalue weighted by Crippen LogP contribution is 2.46. The van der Waals surface area contributed by atoms with Crippen LogP contribution in [0.25, 0.3) is 0 Å². The Kier molecular flexibility index (Phi) is 7.77. The molecule has 0 N–H and O–H groups in total. The van der Waals surface area contributed by atoms with E-state index in [1.807, 2.05) is 41.5 Å². The molecule has 10 heteroatoms. The van der Waals surface area contributed by atoms with Gasteiger partial charge in [0.25, 0.3) is 0 Å². The van der Waals surface area contributed by atoms with Gasteiger partial charge in [-0.3, -0.25) is 0 Å². The van der Waals surface area contributed by atoms with E-state index in [2.05, 4.69) is 0 Å². The minimum atomic E-state index is -6.63. The summed E-state index contributed by atoms with van der Waals surface area (Å²) in [6.45, 7) is 11.6. The first-order valence-corrected chi connectivity index (χ1v) is 13.2. The summed E-state index contributed by atoms with van der Waals surface area (Å²) in [6, 6.07) is 12.8. The van der Waals surface area contributed by atoms with Gasteiger partial charge in [-0.1, -0.05) is 65.8 Å². The number of alkyl halides is 7. The van der Waals surface area contributed by atoms with Crippen molar-refractivity contribution < 1.29 is 58.8 Å². The van der Waals surface area contributed by atoms with Gasteiger partial charge in [-0.2, -0.15) is 30.7 Å². The summed E-state index contributed by atoms with van der Waals surface area (Å²) in [5.74, 6) is -15.6. The highest BCUT2D eigenvalue weighted by Gasteiger charge is 2.78. The highest BCUT2D eigenvalue weighted by atomic mass is 127. The average Bonchev–Trinajstić information content (AvgIpc) is 2.69. The Hall–Kier alpha value is -1.85. The van der Waals surface area contributed by atoms with Gasteiger partial charge in [0.05, 0.1) is 0 Å². The second-order valence-electron chi connectivity index (χ2n) is 9.77. The van der Waals surface area contributed by atoms with Crippen LogP contribution in [0.4, 0.5) is 30.7 Å². The van der Waals surface area contributed by atoms with Gasteiger partial charge in [0.2, 0.25) is 0 Å². The summed E-state index contributed by atoms with van der Waals surface area (Å²) in [4.78, 5) is 12.1. The van der Waals surface area contributed by atoms with Crippen LogP contribution in [-0.2, 0) is 18.7 Å². The summed E-state index contributed by atoms with van der Waals surface area (Å²) in [5.41, 5.74) is 1.22. The predicted molar refractivity (Wildman–Crippen MR) is 110 cm³/mol. The molecule has 0 heterocycles. The van der Waals surface area contributed by atoms with E-state index in [0.717, 1.165) is 11.1 Å². The van der Waals surface area contributed by atoms with Gasteiger partial charge < -0.3 is 0 Å². The van der Waals surface area contributed by atoms with Crippen LogP contribution in [0, 0.1) is 7.14 Å². The monoisotopic (exact) mass is 606 g/mol. The van der Waals surface area contributed by atoms with E-state index >= 15 is 0 Å². The quantitative estimate of drug-likeness (QED) is 0.377. The molecule has 0 aliphatic heterocycles. The van der Waals surface area contributed by atoms with Gasteiger partial charge >= 0.3 is 44.2 Å². The molecule has 34 heavy (non-hydrogen) atoms. The topological polar surface area (TPSA) is 26.3 Å². The Morgan fingerprint density at radius 2 is 0.971 bits per heavy atom. The first-order valence-electron chi connectivity index (χ1n) is 10.2. The lowest BCUT2D eigenvalue weighted by Gasteiger charge is -2.25. The number of halogens is 8. The molecule has 0 fully saturated rings. The Balaban J connectivity index is 2.53. The van der Waals surface area contributed by atoms with E-state index < -0.39 is 44.2 Å². The summed E-state index contributed by atoms with van der Waals surface area (Å²) in [6.07, 6.45) is -6.63. The van der Waals surface area contributed by atoms with Crippen molar-refractivity contribution in [3.63, 3.8) is 0 Å². The van der Waals surface area contributed by atoms with Crippen LogP contribution < -0.4 is 20.2 Å². The molecule has 189 valence electrons. The number of hydrogen-bond acceptors (Lipinski definition) is 2. The molecule has 0 amide bonds. The van der Waals surface area contributed by atoms with Gasteiger partial charge in [-0.15, -0.1) is 0 Å². The third-order valence-electron chi connectivity index (χ3n) is 4.97. The minimum absolute atomic E-state index is 0.260. The zero-order valence-electron chi connectivity index (χ0n) is 19.5. The van der Waals surface area contributed by atoms with Gasteiger partial charge in [0, 0.05) is 0 Å². The SMILES string of the molecule is CC(C)(C)c1ccc([I+](OC(=O)C(F)(F)C(F)(F)C(F)(F)F)c2ccc(C(C)(C)C)cc2)cc1. The van der Waals surface area contributed by atoms with Crippen molar-refractivity contribution in [3.05, 3.63) is 66.8 Å². The highest BCUT2D eigenvalue weighted by molar-refractivity contribution is 5.78. The number of benzene rings is 2. The van der Waals surface area contributed by atoms with Crippen LogP contribution in [0.2, 0.25) is 0 Å². The maximum Gasteiger partial charge on any atom is 0.460 e. The Labute approximate surface area is 201 Å². The summed E-state index contributed by atoms with van der Waals surface area (Å²) >= 11 is -3.64. The lowest BCUT2D eigenvalue weighted by molar-refractivity contribution is -1.04. The Morgan fingerprint density at radius 1 is 0.647 bits per heavy atom. The molecule has 0 unspecified atom stereocenters. The van der Waals surface area contributed by atoms with E-state index in [0.29, 0.717) is 7.14 Å². The van der Waals surface area contributed by atoms with Gasteiger partial charge in [0.1, 0.15) is 0 Å². The van der Waals surface area contributed by atoms with Crippen molar-refractivity contribution in [2.24, 2.45) is 0 Å². The lowest BCUT2D eigenvalue weighted by Crippen LogP contribution is -3.85. The average molecular weight is 606 g/mol. The number of carbonyl (C=O) groups excluding carboxylic acids is 1. The maximum atomic E-state index is 14.0. The third kappa shape index (κ3) is 5.85. The molecule has 0 saturated carbocycles. The van der Waals surface area contributed by atoms with E-state index in [1.54, 1.807) is 24.3 Å². The molecule has 2 rings (SSSR count). The first-order chi connectivity index (χ1) is 15.2. The molecule has 0 bridgehead atoms. The number of carbonyl (C=O) groups is 1. The molecule has 0 spiro atoms. The maximum absolute atomic E-state index is 14.0. The van der Waals surface area contributed by atoms with Crippen LogP contribution in [0.15, 0.2) is 48.5 Å². The molecule has 1 radical (unpaired) electrons. The lowest BCUT2D eigenvalue weighted by atomic mass is 9.87. The molecule has 0 aliphatic rings. The van der Waals surface area contributed by atoms with Gasteiger partial charge in [0.15, 0.2) is 7.14 Å². The van der Waals surface area contributed by atoms with Crippen LogP contribution in [0.5, 0.6) is 0 Å². The molecule has 2 nitrogen and oxygen atoms in total. The fourth-order valence-electron chi connectivity index (χ4n) is 2.77. The molecule has 2 aromatic carbocycles. The molecule has 0 saturated heterocycles. The van der Waals surface area contributed by atoms with Crippen molar-refractivity contribution in [2.75, 3.05) is 0 Å². The Bertz CT molecular complexity index is 943. The Morgan fingerprint density at radius 3 is 1.24 bits per heavy atom. The molecular formula is C24H26F7IO2+. The minimum Gasteiger partial charge on any atom is -0.239 e. The molecule has 2 aromatic rings. The van der Waals surface area contributed by atoms with E-state index in [-0.39, 0.29) is 10.8 Å². The molecular weight excluding hydrogens is 580 g/mol. The molecule has 0 atom stereocenters. The second-order valence-corrected chi connectivity index (χ2v) is 14.1. The summed E-state index contributed by atoms with van der Waals surface area (Å²) < 4.78 is 97.9. The van der Waals surface area contributed by atoms with Crippen molar-refractivity contribution >= 4 is 5.97 Å². The number of hydrogen-bond donors (Lipinski definition) is 0. The zero-order valence-corrected chi connectivity index (χ0v) is 21.6. The molecule has 0 aromatic heterocycles.